The van der Waals surface area contributed by atoms with Crippen LogP contribution in [0.5, 0.6) is 0 Å². The molecule has 0 aromatic heterocycles. The third-order valence-corrected chi connectivity index (χ3v) is 1.75. The van der Waals surface area contributed by atoms with Crippen molar-refractivity contribution in [2.75, 3.05) is 26.2 Å². The molecule has 0 aromatic rings. The number of nitrogens with zero attached hydrogens (tertiary/aromatic N) is 1. The van der Waals surface area contributed by atoms with E-state index in [4.69, 9.17) is 0 Å². The second-order valence-corrected chi connectivity index (χ2v) is 2.68. The van der Waals surface area contributed by atoms with Gasteiger partial charge in [0.15, 0.2) is 13.1 Å². The average molecular weight is 127 g/mol. The molecule has 1 N–H and O–H groups in total. The summed E-state index contributed by atoms with van der Waals surface area (Å²) in [6, 6.07) is 0. The van der Waals surface area contributed by atoms with Gasteiger partial charge in [-0.3, -0.25) is 0 Å². The molecule has 1 heterocycles. The molecular weight excluding hydrogens is 112 g/mol. The first kappa shape index (κ1) is 6.75. The summed E-state index contributed by atoms with van der Waals surface area (Å²) in [6.45, 7) is 9.00. The highest BCUT2D eigenvalue weighted by atomic mass is 15.1. The van der Waals surface area contributed by atoms with Gasteiger partial charge in [-0.2, -0.15) is 0 Å². The Morgan fingerprint density at radius 2 is 1.78 bits per heavy atom. The summed E-state index contributed by atoms with van der Waals surface area (Å²) in [5.74, 6) is 0. The molecule has 1 rings (SSSR count). The van der Waals surface area contributed by atoms with Gasteiger partial charge < -0.3 is 5.32 Å². The molecule has 9 heavy (non-hydrogen) atoms. The molecule has 0 atom stereocenters. The fraction of sp³-hybridized carbons (Fsp3) is 0.857. The van der Waals surface area contributed by atoms with E-state index >= 15 is 0 Å². The summed E-state index contributed by atoms with van der Waals surface area (Å²) in [7, 11) is 0. The lowest BCUT2D eigenvalue weighted by molar-refractivity contribution is -0.533. The summed E-state index contributed by atoms with van der Waals surface area (Å²) in [5, 5.41) is 3.31. The maximum Gasteiger partial charge on any atom is 0.155 e. The summed E-state index contributed by atoms with van der Waals surface area (Å²) in [5.41, 5.74) is 1.44. The van der Waals surface area contributed by atoms with E-state index in [0.717, 1.165) is 13.1 Å². The molecule has 0 spiro atoms. The standard InChI is InChI=1S/C7H15N2/c1-7(2)9-5-3-8-4-6-9/h8H,3-6H2,1-2H3/q+1. The molecule has 0 unspecified atom stereocenters. The molecule has 0 bridgehead atoms. The maximum atomic E-state index is 3.31. The number of piperazine rings is 1. The average Bonchev–Trinajstić information content (AvgIpc) is 1.90. The van der Waals surface area contributed by atoms with Gasteiger partial charge in [-0.05, 0) is 0 Å². The normalized spacial score (nSPS) is 20.0. The highest BCUT2D eigenvalue weighted by Gasteiger charge is 2.10. The quantitative estimate of drug-likeness (QED) is 0.455. The zero-order valence-corrected chi connectivity index (χ0v) is 6.28. The summed E-state index contributed by atoms with van der Waals surface area (Å²) < 4.78 is 2.41. The molecule has 0 aliphatic carbocycles. The van der Waals surface area contributed by atoms with E-state index in [1.165, 1.54) is 18.8 Å². The Bertz CT molecular complexity index is 115. The number of nitrogens with one attached hydrogen (secondary N) is 1. The van der Waals surface area contributed by atoms with Crippen LogP contribution >= 0.6 is 0 Å². The van der Waals surface area contributed by atoms with Crippen molar-refractivity contribution in [3.05, 3.63) is 0 Å². The van der Waals surface area contributed by atoms with Gasteiger partial charge in [-0.25, -0.2) is 4.58 Å². The summed E-state index contributed by atoms with van der Waals surface area (Å²) in [6.07, 6.45) is 0. The molecule has 0 saturated carbocycles. The fourth-order valence-electron chi connectivity index (χ4n) is 1.11. The van der Waals surface area contributed by atoms with Crippen molar-refractivity contribution in [1.29, 1.82) is 0 Å². The van der Waals surface area contributed by atoms with Gasteiger partial charge in [0.05, 0.1) is 13.1 Å². The van der Waals surface area contributed by atoms with Crippen LogP contribution in [0.2, 0.25) is 0 Å². The SMILES string of the molecule is CC(C)=[N+]1CCNCC1. The van der Waals surface area contributed by atoms with E-state index < -0.39 is 0 Å². The van der Waals surface area contributed by atoms with Crippen LogP contribution in [-0.4, -0.2) is 36.5 Å². The third-order valence-electron chi connectivity index (χ3n) is 1.75. The highest BCUT2D eigenvalue weighted by molar-refractivity contribution is 5.73. The molecule has 1 aliphatic heterocycles. The number of hydrogen-bond donors (Lipinski definition) is 1. The first-order valence-corrected chi connectivity index (χ1v) is 3.56. The minimum Gasteiger partial charge on any atom is -0.305 e. The van der Waals surface area contributed by atoms with Crippen LogP contribution in [0, 0.1) is 0 Å². The molecule has 1 saturated heterocycles. The van der Waals surface area contributed by atoms with Crippen LogP contribution in [0.1, 0.15) is 13.8 Å². The van der Waals surface area contributed by atoms with Crippen molar-refractivity contribution in [2.45, 2.75) is 13.8 Å². The van der Waals surface area contributed by atoms with Gasteiger partial charge in [-0.1, -0.05) is 0 Å². The van der Waals surface area contributed by atoms with Gasteiger partial charge in [0, 0.05) is 13.8 Å². The zero-order valence-electron chi connectivity index (χ0n) is 6.28. The summed E-state index contributed by atoms with van der Waals surface area (Å²) in [4.78, 5) is 0. The van der Waals surface area contributed by atoms with Crippen LogP contribution in [0.4, 0.5) is 0 Å². The minimum atomic E-state index is 1.14. The van der Waals surface area contributed by atoms with E-state index in [9.17, 15) is 0 Å². The van der Waals surface area contributed by atoms with E-state index in [1.807, 2.05) is 0 Å². The van der Waals surface area contributed by atoms with Crippen LogP contribution in [-0.2, 0) is 0 Å². The van der Waals surface area contributed by atoms with E-state index in [0.29, 0.717) is 0 Å². The third kappa shape index (κ3) is 1.79. The highest BCUT2D eigenvalue weighted by Crippen LogP contribution is 1.83. The predicted molar refractivity (Wildman–Crippen MR) is 39.2 cm³/mol. The van der Waals surface area contributed by atoms with E-state index in [2.05, 4.69) is 23.7 Å². The van der Waals surface area contributed by atoms with E-state index in [1.54, 1.807) is 0 Å². The van der Waals surface area contributed by atoms with Crippen LogP contribution in [0.15, 0.2) is 0 Å². The fourth-order valence-corrected chi connectivity index (χ4v) is 1.11. The van der Waals surface area contributed by atoms with Crippen molar-refractivity contribution in [3.8, 4) is 0 Å². The monoisotopic (exact) mass is 127 g/mol. The molecule has 1 aliphatic rings. The van der Waals surface area contributed by atoms with Crippen molar-refractivity contribution in [1.82, 2.24) is 5.32 Å². The topological polar surface area (TPSA) is 15.0 Å². The lowest BCUT2D eigenvalue weighted by Crippen LogP contribution is -2.39. The van der Waals surface area contributed by atoms with Crippen molar-refractivity contribution >= 4 is 5.71 Å². The van der Waals surface area contributed by atoms with Crippen molar-refractivity contribution in [2.24, 2.45) is 0 Å². The molecule has 2 heteroatoms. The Hall–Kier alpha value is -0.370. The van der Waals surface area contributed by atoms with Gasteiger partial charge in [0.1, 0.15) is 5.71 Å². The smallest absolute Gasteiger partial charge is 0.155 e. The Morgan fingerprint density at radius 1 is 1.22 bits per heavy atom. The maximum absolute atomic E-state index is 3.31. The first-order chi connectivity index (χ1) is 4.30. The van der Waals surface area contributed by atoms with Crippen LogP contribution in [0.25, 0.3) is 0 Å². The number of hydrogen-bond acceptors (Lipinski definition) is 1. The van der Waals surface area contributed by atoms with Gasteiger partial charge in [0.25, 0.3) is 0 Å². The molecule has 0 aromatic carbocycles. The Morgan fingerprint density at radius 3 is 2.11 bits per heavy atom. The summed E-state index contributed by atoms with van der Waals surface area (Å²) >= 11 is 0. The Kier molecular flexibility index (Phi) is 2.22. The Labute approximate surface area is 56.6 Å². The molecule has 1 fully saturated rings. The largest absolute Gasteiger partial charge is 0.305 e. The lowest BCUT2D eigenvalue weighted by atomic mass is 10.3. The first-order valence-electron chi connectivity index (χ1n) is 3.56. The second kappa shape index (κ2) is 2.97. The predicted octanol–water partition coefficient (Wildman–Crippen LogP) is 0.0829. The second-order valence-electron chi connectivity index (χ2n) is 2.68. The van der Waals surface area contributed by atoms with Crippen LogP contribution in [0.3, 0.4) is 0 Å². The van der Waals surface area contributed by atoms with E-state index in [-0.39, 0.29) is 0 Å². The molecule has 52 valence electrons. The van der Waals surface area contributed by atoms with Crippen molar-refractivity contribution in [3.63, 3.8) is 0 Å². The van der Waals surface area contributed by atoms with Gasteiger partial charge >= 0.3 is 0 Å². The number of rotatable bonds is 0. The molecule has 0 amide bonds. The molecule has 2 nitrogen and oxygen atoms in total. The minimum absolute atomic E-state index is 1.14. The molecule has 0 radical (unpaired) electrons. The van der Waals surface area contributed by atoms with Gasteiger partial charge in [-0.15, -0.1) is 0 Å². The Balaban J connectivity index is 2.49. The zero-order chi connectivity index (χ0) is 6.69. The van der Waals surface area contributed by atoms with Crippen LogP contribution < -0.4 is 5.32 Å². The van der Waals surface area contributed by atoms with Crippen molar-refractivity contribution < 1.29 is 4.58 Å². The molecular formula is C7H15N2+. The van der Waals surface area contributed by atoms with Gasteiger partial charge in [0.2, 0.25) is 0 Å². The lowest BCUT2D eigenvalue weighted by Gasteiger charge is -2.11.